The van der Waals surface area contributed by atoms with Crippen LogP contribution in [0.2, 0.25) is 0 Å². The van der Waals surface area contributed by atoms with Gasteiger partial charge in [-0.2, -0.15) is 0 Å². The summed E-state index contributed by atoms with van der Waals surface area (Å²) in [4.78, 5) is 36.9. The molecule has 1 fully saturated rings. The lowest BCUT2D eigenvalue weighted by Gasteiger charge is -2.18. The van der Waals surface area contributed by atoms with Crippen LogP contribution in [0.5, 0.6) is 0 Å². The Kier molecular flexibility index (Phi) is 6.28. The molecule has 8 heteroatoms. The van der Waals surface area contributed by atoms with E-state index in [-0.39, 0.29) is 17.5 Å². The van der Waals surface area contributed by atoms with Crippen LogP contribution in [-0.4, -0.2) is 20.4 Å². The topological polar surface area (TPSA) is 68.1 Å². The Balaban J connectivity index is 1.44. The predicted molar refractivity (Wildman–Crippen MR) is 134 cm³/mol. The number of hydrogen-bond donors (Lipinski definition) is 0. The maximum Gasteiger partial charge on any atom is 0.262 e. The number of aromatic nitrogens is 3. The summed E-state index contributed by atoms with van der Waals surface area (Å²) in [7, 11) is 0. The standard InChI is InChI=1S/C25H24N4O2S2/c1-17(30)28(19-9-3-2-4-10-19)24-26-18(15-32-24)16-33-25-27-22-14-8-7-13-21(22)23(31)29(25)20-11-5-6-12-20/h2-4,7-10,13-15,20H,5-6,11-12,16H2,1H3. The van der Waals surface area contributed by atoms with Gasteiger partial charge < -0.3 is 0 Å². The normalized spacial score (nSPS) is 14.1. The Bertz CT molecular complexity index is 1340. The van der Waals surface area contributed by atoms with Crippen LogP contribution in [0.1, 0.15) is 44.3 Å². The van der Waals surface area contributed by atoms with E-state index >= 15 is 0 Å². The number of benzene rings is 2. The van der Waals surface area contributed by atoms with E-state index in [9.17, 15) is 9.59 Å². The van der Waals surface area contributed by atoms with E-state index in [1.54, 1.807) is 11.8 Å². The molecule has 1 aliphatic rings. The minimum absolute atomic E-state index is 0.0424. The van der Waals surface area contributed by atoms with Gasteiger partial charge in [-0.05, 0) is 37.1 Å². The van der Waals surface area contributed by atoms with Crippen molar-refractivity contribution in [3.8, 4) is 0 Å². The van der Waals surface area contributed by atoms with Crippen LogP contribution in [0.3, 0.4) is 0 Å². The molecule has 2 heterocycles. The van der Waals surface area contributed by atoms with Crippen molar-refractivity contribution in [1.82, 2.24) is 14.5 Å². The predicted octanol–water partition coefficient (Wildman–Crippen LogP) is 5.95. The van der Waals surface area contributed by atoms with Gasteiger partial charge >= 0.3 is 0 Å². The van der Waals surface area contributed by atoms with Gasteiger partial charge in [0, 0.05) is 24.1 Å². The fraction of sp³-hybridized carbons (Fsp3) is 0.280. The molecule has 1 amide bonds. The van der Waals surface area contributed by atoms with Crippen LogP contribution in [0, 0.1) is 0 Å². The highest BCUT2D eigenvalue weighted by Gasteiger charge is 2.23. The van der Waals surface area contributed by atoms with Gasteiger partial charge in [0.25, 0.3) is 5.56 Å². The summed E-state index contributed by atoms with van der Waals surface area (Å²) in [6.45, 7) is 1.54. The zero-order valence-electron chi connectivity index (χ0n) is 18.3. The third-order valence-corrected chi connectivity index (χ3v) is 7.74. The fourth-order valence-corrected chi connectivity index (χ4v) is 6.27. The first-order valence-electron chi connectivity index (χ1n) is 11.1. The Labute approximate surface area is 200 Å². The largest absolute Gasteiger partial charge is 0.284 e. The molecule has 5 rings (SSSR count). The van der Waals surface area contributed by atoms with E-state index in [2.05, 4.69) is 0 Å². The van der Waals surface area contributed by atoms with E-state index in [0.717, 1.165) is 47.7 Å². The average molecular weight is 477 g/mol. The molecule has 0 spiro atoms. The number of carbonyl (C=O) groups excluding carboxylic acids is 1. The second-order valence-electron chi connectivity index (χ2n) is 8.13. The Morgan fingerprint density at radius 2 is 1.82 bits per heavy atom. The molecule has 168 valence electrons. The van der Waals surface area contributed by atoms with Gasteiger partial charge in [-0.1, -0.05) is 54.9 Å². The smallest absolute Gasteiger partial charge is 0.262 e. The van der Waals surface area contributed by atoms with Crippen LogP contribution in [0.4, 0.5) is 10.8 Å². The van der Waals surface area contributed by atoms with Crippen molar-refractivity contribution >= 4 is 50.7 Å². The summed E-state index contributed by atoms with van der Waals surface area (Å²) >= 11 is 2.98. The van der Waals surface area contributed by atoms with E-state index in [1.165, 1.54) is 23.1 Å². The molecular formula is C25H24N4O2S2. The lowest BCUT2D eigenvalue weighted by atomic mass is 10.2. The molecular weight excluding hydrogens is 452 g/mol. The average Bonchev–Trinajstić information content (AvgIpc) is 3.51. The van der Waals surface area contributed by atoms with Gasteiger partial charge in [0.1, 0.15) is 0 Å². The summed E-state index contributed by atoms with van der Waals surface area (Å²) in [5.41, 5.74) is 2.43. The molecule has 33 heavy (non-hydrogen) atoms. The highest BCUT2D eigenvalue weighted by Crippen LogP contribution is 2.34. The van der Waals surface area contributed by atoms with E-state index in [1.807, 2.05) is 64.5 Å². The molecule has 6 nitrogen and oxygen atoms in total. The number of thiazole rings is 1. The summed E-state index contributed by atoms with van der Waals surface area (Å²) < 4.78 is 1.90. The van der Waals surface area contributed by atoms with Crippen LogP contribution < -0.4 is 10.5 Å². The van der Waals surface area contributed by atoms with Gasteiger partial charge in [-0.15, -0.1) is 11.3 Å². The number of thioether (sulfide) groups is 1. The van der Waals surface area contributed by atoms with Gasteiger partial charge in [0.05, 0.1) is 22.3 Å². The number of nitrogens with zero attached hydrogens (tertiary/aromatic N) is 4. The molecule has 0 N–H and O–H groups in total. The van der Waals surface area contributed by atoms with Crippen molar-refractivity contribution in [2.24, 2.45) is 0 Å². The van der Waals surface area contributed by atoms with Crippen LogP contribution >= 0.6 is 23.1 Å². The van der Waals surface area contributed by atoms with Crippen molar-refractivity contribution in [2.75, 3.05) is 4.90 Å². The maximum atomic E-state index is 13.3. The molecule has 2 aromatic heterocycles. The second kappa shape index (κ2) is 9.49. The number of rotatable bonds is 6. The molecule has 0 atom stereocenters. The first-order valence-corrected chi connectivity index (χ1v) is 12.9. The summed E-state index contributed by atoms with van der Waals surface area (Å²) in [5, 5.41) is 4.03. The number of hydrogen-bond acceptors (Lipinski definition) is 6. The van der Waals surface area contributed by atoms with Gasteiger partial charge in [-0.25, -0.2) is 9.97 Å². The third-order valence-electron chi connectivity index (χ3n) is 5.87. The first kappa shape index (κ1) is 21.9. The number of anilines is 2. The second-order valence-corrected chi connectivity index (χ2v) is 9.90. The molecule has 0 bridgehead atoms. The molecule has 0 radical (unpaired) electrons. The van der Waals surface area contributed by atoms with E-state index < -0.39 is 0 Å². The van der Waals surface area contributed by atoms with E-state index in [4.69, 9.17) is 9.97 Å². The highest BCUT2D eigenvalue weighted by atomic mass is 32.2. The minimum Gasteiger partial charge on any atom is -0.284 e. The molecule has 0 aliphatic heterocycles. The number of fused-ring (bicyclic) bond motifs is 1. The summed E-state index contributed by atoms with van der Waals surface area (Å²) in [6.07, 6.45) is 4.31. The highest BCUT2D eigenvalue weighted by molar-refractivity contribution is 7.98. The van der Waals surface area contributed by atoms with Crippen molar-refractivity contribution in [3.63, 3.8) is 0 Å². The Hall–Kier alpha value is -2.97. The quantitative estimate of drug-likeness (QED) is 0.254. The molecule has 1 aliphatic carbocycles. The monoisotopic (exact) mass is 476 g/mol. The zero-order valence-corrected chi connectivity index (χ0v) is 19.9. The van der Waals surface area contributed by atoms with Crippen molar-refractivity contribution in [3.05, 3.63) is 76.0 Å². The van der Waals surface area contributed by atoms with Crippen LogP contribution in [0.25, 0.3) is 10.9 Å². The number of para-hydroxylation sites is 2. The molecule has 0 unspecified atom stereocenters. The lowest BCUT2D eigenvalue weighted by Crippen LogP contribution is -2.26. The molecule has 0 saturated heterocycles. The third kappa shape index (κ3) is 4.45. The Morgan fingerprint density at radius 3 is 2.58 bits per heavy atom. The minimum atomic E-state index is -0.0824. The number of carbonyl (C=O) groups is 1. The summed E-state index contributed by atoms with van der Waals surface area (Å²) in [6, 6.07) is 17.3. The number of amides is 1. The van der Waals surface area contributed by atoms with E-state index in [0.29, 0.717) is 16.3 Å². The van der Waals surface area contributed by atoms with Crippen LogP contribution in [0.15, 0.2) is 69.9 Å². The van der Waals surface area contributed by atoms with Gasteiger partial charge in [-0.3, -0.25) is 19.1 Å². The first-order chi connectivity index (χ1) is 16.1. The van der Waals surface area contributed by atoms with Crippen molar-refractivity contribution < 1.29 is 4.79 Å². The fourth-order valence-electron chi connectivity index (χ4n) is 4.32. The summed E-state index contributed by atoms with van der Waals surface area (Å²) in [5.74, 6) is 0.496. The lowest BCUT2D eigenvalue weighted by molar-refractivity contribution is -0.115. The van der Waals surface area contributed by atoms with Crippen molar-refractivity contribution in [1.29, 1.82) is 0 Å². The SMILES string of the molecule is CC(=O)N(c1ccccc1)c1nc(CSc2nc3ccccc3c(=O)n2C2CCCC2)cs1. The zero-order chi connectivity index (χ0) is 22.8. The maximum absolute atomic E-state index is 13.3. The molecule has 4 aromatic rings. The van der Waals surface area contributed by atoms with Gasteiger partial charge in [0.15, 0.2) is 10.3 Å². The Morgan fingerprint density at radius 1 is 1.09 bits per heavy atom. The van der Waals surface area contributed by atoms with Gasteiger partial charge in [0.2, 0.25) is 5.91 Å². The molecule has 1 saturated carbocycles. The molecule has 2 aromatic carbocycles. The van der Waals surface area contributed by atoms with Crippen molar-refractivity contribution in [2.45, 2.75) is 49.6 Å². The van der Waals surface area contributed by atoms with Crippen LogP contribution in [-0.2, 0) is 10.5 Å².